The van der Waals surface area contributed by atoms with Gasteiger partial charge >= 0.3 is 0 Å². The fourth-order valence-electron chi connectivity index (χ4n) is 5.90. The van der Waals surface area contributed by atoms with E-state index in [4.69, 9.17) is 0 Å². The fourth-order valence-corrected chi connectivity index (χ4v) is 6.43. The van der Waals surface area contributed by atoms with Crippen molar-refractivity contribution in [2.75, 3.05) is 5.75 Å². The van der Waals surface area contributed by atoms with E-state index in [1.807, 2.05) is 24.0 Å². The molecule has 1 N–H and O–H groups in total. The first kappa shape index (κ1) is 24.8. The van der Waals surface area contributed by atoms with E-state index in [2.05, 4.69) is 65.3 Å². The molecule has 190 valence electrons. The fraction of sp³-hybridized carbons (Fsp3) is 0.414. The average molecular weight is 506 g/mol. The minimum absolute atomic E-state index is 0.0285. The van der Waals surface area contributed by atoms with Crippen LogP contribution in [0.1, 0.15) is 73.6 Å². The highest BCUT2D eigenvalue weighted by molar-refractivity contribution is 7.85. The molecule has 1 unspecified atom stereocenters. The van der Waals surface area contributed by atoms with E-state index >= 15 is 0 Å². The van der Waals surface area contributed by atoms with Gasteiger partial charge in [-0.2, -0.15) is 13.5 Å². The number of rotatable bonds is 8. The Morgan fingerprint density at radius 3 is 2.58 bits per heavy atom. The third-order valence-corrected chi connectivity index (χ3v) is 8.47. The smallest absolute Gasteiger partial charge is 0.264 e. The zero-order valence-corrected chi connectivity index (χ0v) is 21.9. The topological polar surface area (TPSA) is 77.1 Å². The van der Waals surface area contributed by atoms with Crippen molar-refractivity contribution in [1.29, 1.82) is 0 Å². The van der Waals surface area contributed by atoms with E-state index in [1.54, 1.807) is 0 Å². The molecule has 1 aliphatic rings. The molecule has 0 spiro atoms. The van der Waals surface area contributed by atoms with Crippen LogP contribution >= 0.6 is 0 Å². The third kappa shape index (κ3) is 5.27. The first-order valence-electron chi connectivity index (χ1n) is 12.9. The molecule has 0 aliphatic heterocycles. The lowest BCUT2D eigenvalue weighted by Crippen LogP contribution is -2.12. The van der Waals surface area contributed by atoms with Crippen molar-refractivity contribution in [3.8, 4) is 11.3 Å². The summed E-state index contributed by atoms with van der Waals surface area (Å²) in [6.07, 6.45) is 11.4. The van der Waals surface area contributed by atoms with Gasteiger partial charge in [0.1, 0.15) is 0 Å². The van der Waals surface area contributed by atoms with Crippen molar-refractivity contribution >= 4 is 21.0 Å². The van der Waals surface area contributed by atoms with Gasteiger partial charge in [0.25, 0.3) is 10.1 Å². The van der Waals surface area contributed by atoms with Gasteiger partial charge in [0.2, 0.25) is 0 Å². The van der Waals surface area contributed by atoms with Crippen molar-refractivity contribution in [3.63, 3.8) is 0 Å². The van der Waals surface area contributed by atoms with E-state index in [-0.39, 0.29) is 11.7 Å². The highest BCUT2D eigenvalue weighted by atomic mass is 32.2. The minimum atomic E-state index is -4.00. The zero-order chi connectivity index (χ0) is 25.3. The molecule has 1 atom stereocenters. The van der Waals surface area contributed by atoms with Crippen molar-refractivity contribution in [2.24, 2.45) is 7.05 Å². The maximum absolute atomic E-state index is 11.5. The number of aromatic nitrogens is 3. The van der Waals surface area contributed by atoms with E-state index in [9.17, 15) is 13.0 Å². The van der Waals surface area contributed by atoms with Crippen LogP contribution in [0.4, 0.5) is 0 Å². The Kier molecular flexibility index (Phi) is 7.04. The van der Waals surface area contributed by atoms with Crippen molar-refractivity contribution in [3.05, 3.63) is 77.6 Å². The van der Waals surface area contributed by atoms with Crippen molar-refractivity contribution < 1.29 is 13.0 Å². The molecular formula is C29H35N3O3S. The molecule has 1 aliphatic carbocycles. The van der Waals surface area contributed by atoms with Gasteiger partial charge in [0.15, 0.2) is 0 Å². The third-order valence-electron chi connectivity index (χ3n) is 7.66. The Balaban J connectivity index is 1.66. The number of aryl methyl sites for hydroxylation is 2. The quantitative estimate of drug-likeness (QED) is 0.272. The number of hydrogen-bond donors (Lipinski definition) is 1. The van der Waals surface area contributed by atoms with E-state index in [0.717, 1.165) is 11.3 Å². The number of benzene rings is 2. The van der Waals surface area contributed by atoms with Crippen LogP contribution in [0, 0.1) is 6.92 Å². The molecule has 1 fully saturated rings. The Labute approximate surface area is 213 Å². The summed E-state index contributed by atoms with van der Waals surface area (Å²) in [5.74, 6) is -0.197. The Morgan fingerprint density at radius 1 is 1.08 bits per heavy atom. The number of nitrogens with zero attached hydrogens (tertiary/aromatic N) is 3. The molecular weight excluding hydrogens is 470 g/mol. The van der Waals surface area contributed by atoms with Gasteiger partial charge < -0.3 is 4.57 Å². The van der Waals surface area contributed by atoms with Crippen LogP contribution in [0.15, 0.2) is 60.9 Å². The molecule has 2 aromatic carbocycles. The van der Waals surface area contributed by atoms with Gasteiger partial charge in [0.05, 0.1) is 11.4 Å². The molecule has 7 heteroatoms. The Hall–Kier alpha value is -2.90. The lowest BCUT2D eigenvalue weighted by atomic mass is 9.86. The molecule has 1 saturated carbocycles. The SMILES string of the molecule is Cc1cccc(C(CCCS(=O)(=O)O)c2cn(C3CCCCC3)c3ccc(-c4ccnn4C)cc23)c1. The van der Waals surface area contributed by atoms with Gasteiger partial charge in [-0.1, -0.05) is 55.2 Å². The van der Waals surface area contributed by atoms with Gasteiger partial charge in [-0.25, -0.2) is 0 Å². The highest BCUT2D eigenvalue weighted by Gasteiger charge is 2.25. The molecule has 0 amide bonds. The molecule has 4 aromatic rings. The lowest BCUT2D eigenvalue weighted by Gasteiger charge is -2.24. The summed E-state index contributed by atoms with van der Waals surface area (Å²) in [7, 11) is -2.05. The minimum Gasteiger partial charge on any atom is -0.344 e. The molecule has 6 nitrogen and oxygen atoms in total. The van der Waals surface area contributed by atoms with Crippen LogP contribution in [-0.4, -0.2) is 33.1 Å². The van der Waals surface area contributed by atoms with Gasteiger partial charge in [-0.15, -0.1) is 0 Å². The molecule has 36 heavy (non-hydrogen) atoms. The molecule has 0 saturated heterocycles. The van der Waals surface area contributed by atoms with Crippen LogP contribution in [0.3, 0.4) is 0 Å². The molecule has 2 heterocycles. The van der Waals surface area contributed by atoms with Crippen molar-refractivity contribution in [1.82, 2.24) is 14.3 Å². The maximum Gasteiger partial charge on any atom is 0.264 e. The van der Waals surface area contributed by atoms with E-state index < -0.39 is 10.1 Å². The van der Waals surface area contributed by atoms with E-state index in [1.165, 1.54) is 59.7 Å². The first-order chi connectivity index (χ1) is 17.3. The Morgan fingerprint density at radius 2 is 1.89 bits per heavy atom. The second-order valence-electron chi connectivity index (χ2n) is 10.3. The Bertz CT molecular complexity index is 1460. The second-order valence-corrected chi connectivity index (χ2v) is 11.8. The van der Waals surface area contributed by atoms with Crippen LogP contribution in [0.5, 0.6) is 0 Å². The van der Waals surface area contributed by atoms with Crippen LogP contribution < -0.4 is 0 Å². The predicted octanol–water partition coefficient (Wildman–Crippen LogP) is 6.66. The summed E-state index contributed by atoms with van der Waals surface area (Å²) in [5, 5.41) is 5.57. The maximum atomic E-state index is 11.5. The molecule has 2 aromatic heterocycles. The number of fused-ring (bicyclic) bond motifs is 1. The summed E-state index contributed by atoms with van der Waals surface area (Å²) < 4.78 is 36.8. The van der Waals surface area contributed by atoms with Crippen LogP contribution in [0.25, 0.3) is 22.2 Å². The monoisotopic (exact) mass is 505 g/mol. The van der Waals surface area contributed by atoms with Gasteiger partial charge in [-0.05, 0) is 61.9 Å². The van der Waals surface area contributed by atoms with Gasteiger partial charge in [-0.3, -0.25) is 9.23 Å². The van der Waals surface area contributed by atoms with Crippen LogP contribution in [0.2, 0.25) is 0 Å². The largest absolute Gasteiger partial charge is 0.344 e. The molecule has 0 bridgehead atoms. The average Bonchev–Trinajstić information content (AvgIpc) is 3.45. The lowest BCUT2D eigenvalue weighted by molar-refractivity contribution is 0.360. The highest BCUT2D eigenvalue weighted by Crippen LogP contribution is 2.41. The number of hydrogen-bond acceptors (Lipinski definition) is 3. The normalized spacial score (nSPS) is 16.0. The van der Waals surface area contributed by atoms with Gasteiger partial charge in [0, 0.05) is 47.9 Å². The summed E-state index contributed by atoms with van der Waals surface area (Å²) in [4.78, 5) is 0. The summed E-state index contributed by atoms with van der Waals surface area (Å²) in [5.41, 5.74) is 6.99. The predicted molar refractivity (Wildman–Crippen MR) is 145 cm³/mol. The summed E-state index contributed by atoms with van der Waals surface area (Å²) >= 11 is 0. The molecule has 0 radical (unpaired) electrons. The standard InChI is InChI=1S/C29H35N3O3S/c1-21-8-6-9-22(18-21)25(12-7-17-36(33,34)35)27-20-32(24-10-4-3-5-11-24)29-14-13-23(19-26(27)29)28-15-16-30-31(28)2/h6,8-9,13-16,18-20,24-25H,3-5,7,10-12,17H2,1-2H3,(H,33,34,35). The first-order valence-corrected chi connectivity index (χ1v) is 14.6. The molecule has 5 rings (SSSR count). The van der Waals surface area contributed by atoms with Crippen molar-refractivity contribution in [2.45, 2.75) is 63.8 Å². The summed E-state index contributed by atoms with van der Waals surface area (Å²) in [6.45, 7) is 2.09. The second kappa shape index (κ2) is 10.2. The summed E-state index contributed by atoms with van der Waals surface area (Å²) in [6, 6.07) is 17.7. The van der Waals surface area contributed by atoms with Crippen LogP contribution in [-0.2, 0) is 17.2 Å². The van der Waals surface area contributed by atoms with E-state index in [0.29, 0.717) is 18.9 Å². The zero-order valence-electron chi connectivity index (χ0n) is 21.1.